The fraction of sp³-hybridized carbons (Fsp3) is 0.400. The number of rotatable bonds is 4. The summed E-state index contributed by atoms with van der Waals surface area (Å²) in [6, 6.07) is 7.20. The largest absolute Gasteiger partial charge is 0.423 e. The summed E-state index contributed by atoms with van der Waals surface area (Å²) in [6.07, 6.45) is 8.61. The normalized spacial score (nSPS) is 26.0. The lowest BCUT2D eigenvalue weighted by Crippen LogP contribution is -2.30. The standard InChI is InChI=1S/C25H25F3O2/c1-2-15-3-4-17-12-18(6-5-16(17)11-15)21-9-7-19(13-23(21)27)25(29)30-20-8-10-22(26)24(28)14-20/h2,7-10,13-18H,1,3-6,11-12H2. The Kier molecular flexibility index (Phi) is 5.98. The molecule has 158 valence electrons. The number of allylic oxidation sites excluding steroid dienone is 1. The van der Waals surface area contributed by atoms with Gasteiger partial charge < -0.3 is 4.74 Å². The van der Waals surface area contributed by atoms with Crippen LogP contribution in [0.15, 0.2) is 49.1 Å². The van der Waals surface area contributed by atoms with Crippen LogP contribution in [-0.2, 0) is 0 Å². The minimum atomic E-state index is -1.11. The first-order chi connectivity index (χ1) is 14.4. The van der Waals surface area contributed by atoms with Crippen LogP contribution in [0.25, 0.3) is 0 Å². The van der Waals surface area contributed by atoms with E-state index in [-0.39, 0.29) is 17.2 Å². The fourth-order valence-electron chi connectivity index (χ4n) is 5.11. The van der Waals surface area contributed by atoms with Crippen LogP contribution in [0, 0.1) is 35.2 Å². The van der Waals surface area contributed by atoms with E-state index >= 15 is 0 Å². The lowest BCUT2D eigenvalue weighted by atomic mass is 9.64. The zero-order valence-corrected chi connectivity index (χ0v) is 16.8. The zero-order chi connectivity index (χ0) is 21.3. The summed E-state index contributed by atoms with van der Waals surface area (Å²) < 4.78 is 46.2. The van der Waals surface area contributed by atoms with E-state index in [9.17, 15) is 18.0 Å². The summed E-state index contributed by atoms with van der Waals surface area (Å²) in [7, 11) is 0. The van der Waals surface area contributed by atoms with Crippen molar-refractivity contribution in [2.75, 3.05) is 0 Å². The van der Waals surface area contributed by atoms with Crippen LogP contribution in [0.4, 0.5) is 13.2 Å². The van der Waals surface area contributed by atoms with Crippen molar-refractivity contribution in [3.05, 3.63) is 77.6 Å². The molecule has 4 unspecified atom stereocenters. The monoisotopic (exact) mass is 414 g/mol. The van der Waals surface area contributed by atoms with Crippen molar-refractivity contribution >= 4 is 5.97 Å². The molecule has 4 atom stereocenters. The van der Waals surface area contributed by atoms with Crippen LogP contribution in [-0.4, -0.2) is 5.97 Å². The molecule has 2 aliphatic carbocycles. The molecule has 5 heteroatoms. The van der Waals surface area contributed by atoms with Crippen molar-refractivity contribution < 1.29 is 22.7 Å². The Balaban J connectivity index is 1.43. The van der Waals surface area contributed by atoms with E-state index in [4.69, 9.17) is 4.74 Å². The third-order valence-electron chi connectivity index (χ3n) is 6.76. The molecule has 0 bridgehead atoms. The van der Waals surface area contributed by atoms with Gasteiger partial charge in [-0.15, -0.1) is 6.58 Å². The summed E-state index contributed by atoms with van der Waals surface area (Å²) in [5.74, 6) is -1.41. The van der Waals surface area contributed by atoms with E-state index in [1.54, 1.807) is 12.1 Å². The molecule has 2 fully saturated rings. The Labute approximate surface area is 174 Å². The predicted octanol–water partition coefficient (Wildman–Crippen LogP) is 6.81. The Bertz CT molecular complexity index is 955. The van der Waals surface area contributed by atoms with Crippen molar-refractivity contribution in [2.45, 2.75) is 44.4 Å². The highest BCUT2D eigenvalue weighted by Crippen LogP contribution is 2.48. The second kappa shape index (κ2) is 8.66. The van der Waals surface area contributed by atoms with Gasteiger partial charge in [0.05, 0.1) is 5.56 Å². The second-order valence-corrected chi connectivity index (χ2v) is 8.54. The molecule has 30 heavy (non-hydrogen) atoms. The Hall–Kier alpha value is -2.56. The van der Waals surface area contributed by atoms with E-state index in [1.165, 1.54) is 12.5 Å². The summed E-state index contributed by atoms with van der Waals surface area (Å²) in [5.41, 5.74) is 0.685. The van der Waals surface area contributed by atoms with Gasteiger partial charge in [0.2, 0.25) is 0 Å². The molecule has 0 radical (unpaired) electrons. The summed E-state index contributed by atoms with van der Waals surface area (Å²) in [5, 5.41) is 0. The molecule has 0 aliphatic heterocycles. The number of carbonyl (C=O) groups is 1. The van der Waals surface area contributed by atoms with Gasteiger partial charge in [-0.2, -0.15) is 0 Å². The minimum absolute atomic E-state index is 0.0427. The number of hydrogen-bond acceptors (Lipinski definition) is 2. The summed E-state index contributed by atoms with van der Waals surface area (Å²) >= 11 is 0. The molecular formula is C25H25F3O2. The highest BCUT2D eigenvalue weighted by Gasteiger charge is 2.36. The number of esters is 1. The van der Waals surface area contributed by atoms with Crippen LogP contribution in [0.3, 0.4) is 0 Å². The van der Waals surface area contributed by atoms with Crippen molar-refractivity contribution in [3.8, 4) is 5.75 Å². The van der Waals surface area contributed by atoms with E-state index in [0.717, 1.165) is 50.3 Å². The first kappa shape index (κ1) is 20.7. The third-order valence-corrected chi connectivity index (χ3v) is 6.76. The van der Waals surface area contributed by atoms with Crippen LogP contribution >= 0.6 is 0 Å². The molecule has 2 aromatic rings. The maximum atomic E-state index is 14.9. The summed E-state index contributed by atoms with van der Waals surface area (Å²) in [6.45, 7) is 3.93. The maximum absolute atomic E-state index is 14.9. The van der Waals surface area contributed by atoms with E-state index in [0.29, 0.717) is 23.3 Å². The van der Waals surface area contributed by atoms with Gasteiger partial charge in [-0.3, -0.25) is 0 Å². The highest BCUT2D eigenvalue weighted by molar-refractivity contribution is 5.91. The van der Waals surface area contributed by atoms with Crippen LogP contribution in [0.5, 0.6) is 5.75 Å². The number of ether oxygens (including phenoxy) is 1. The zero-order valence-electron chi connectivity index (χ0n) is 16.8. The molecule has 0 amide bonds. The number of carbonyl (C=O) groups excluding carboxylic acids is 1. The van der Waals surface area contributed by atoms with Gasteiger partial charge >= 0.3 is 5.97 Å². The smallest absolute Gasteiger partial charge is 0.343 e. The fourth-order valence-corrected chi connectivity index (χ4v) is 5.11. The lowest BCUT2D eigenvalue weighted by Gasteiger charge is -2.41. The van der Waals surface area contributed by atoms with Gasteiger partial charge in [0.25, 0.3) is 0 Å². The molecule has 0 spiro atoms. The molecule has 0 N–H and O–H groups in total. The van der Waals surface area contributed by atoms with E-state index in [1.807, 2.05) is 0 Å². The molecule has 0 heterocycles. The average molecular weight is 414 g/mol. The van der Waals surface area contributed by atoms with Crippen molar-refractivity contribution in [1.82, 2.24) is 0 Å². The van der Waals surface area contributed by atoms with Gasteiger partial charge in [-0.1, -0.05) is 12.1 Å². The Morgan fingerprint density at radius 3 is 2.40 bits per heavy atom. The van der Waals surface area contributed by atoms with E-state index < -0.39 is 23.4 Å². The quantitative estimate of drug-likeness (QED) is 0.312. The predicted molar refractivity (Wildman–Crippen MR) is 109 cm³/mol. The Morgan fingerprint density at radius 1 is 0.900 bits per heavy atom. The molecule has 0 saturated heterocycles. The molecule has 2 aromatic carbocycles. The minimum Gasteiger partial charge on any atom is -0.423 e. The first-order valence-electron chi connectivity index (χ1n) is 10.5. The SMILES string of the molecule is C=CC1CCC2CC(c3ccc(C(=O)Oc4ccc(F)c(F)c4)cc3F)CCC2C1. The molecule has 4 rings (SSSR count). The van der Waals surface area contributed by atoms with E-state index in [2.05, 4.69) is 12.7 Å². The molecule has 2 saturated carbocycles. The molecular weight excluding hydrogens is 389 g/mol. The van der Waals surface area contributed by atoms with Gasteiger partial charge in [0.1, 0.15) is 11.6 Å². The van der Waals surface area contributed by atoms with Gasteiger partial charge in [0.15, 0.2) is 11.6 Å². The number of halogens is 3. The summed E-state index contributed by atoms with van der Waals surface area (Å²) in [4.78, 5) is 12.3. The molecule has 0 aromatic heterocycles. The number of hydrogen-bond donors (Lipinski definition) is 0. The van der Waals surface area contributed by atoms with Crippen molar-refractivity contribution in [3.63, 3.8) is 0 Å². The second-order valence-electron chi connectivity index (χ2n) is 8.54. The van der Waals surface area contributed by atoms with Gasteiger partial charge in [-0.05, 0) is 92.0 Å². The number of fused-ring (bicyclic) bond motifs is 1. The van der Waals surface area contributed by atoms with Crippen LogP contribution < -0.4 is 4.74 Å². The van der Waals surface area contributed by atoms with Gasteiger partial charge in [-0.25, -0.2) is 18.0 Å². The van der Waals surface area contributed by atoms with Crippen LogP contribution in [0.2, 0.25) is 0 Å². The molecule has 2 aliphatic rings. The lowest BCUT2D eigenvalue weighted by molar-refractivity contribution is 0.0733. The number of benzene rings is 2. The highest BCUT2D eigenvalue weighted by atomic mass is 19.2. The Morgan fingerprint density at radius 2 is 1.67 bits per heavy atom. The van der Waals surface area contributed by atoms with Crippen molar-refractivity contribution in [1.29, 1.82) is 0 Å². The first-order valence-corrected chi connectivity index (χ1v) is 10.5. The third kappa shape index (κ3) is 4.30. The maximum Gasteiger partial charge on any atom is 0.343 e. The van der Waals surface area contributed by atoms with Crippen molar-refractivity contribution in [2.24, 2.45) is 17.8 Å². The van der Waals surface area contributed by atoms with Crippen LogP contribution in [0.1, 0.15) is 60.4 Å². The topological polar surface area (TPSA) is 26.3 Å². The average Bonchev–Trinajstić information content (AvgIpc) is 2.75. The van der Waals surface area contributed by atoms with Gasteiger partial charge in [0, 0.05) is 6.07 Å². The molecule has 2 nitrogen and oxygen atoms in total.